The molecule has 4 nitrogen and oxygen atoms in total. The minimum Gasteiger partial charge on any atom is -0.350 e. The summed E-state index contributed by atoms with van der Waals surface area (Å²) < 4.78 is 1.92. The van der Waals surface area contributed by atoms with Gasteiger partial charge in [0.05, 0.1) is 24.4 Å². The normalized spacial score (nSPS) is 13.2. The molecule has 2 aromatic carbocycles. The van der Waals surface area contributed by atoms with Crippen LogP contribution in [0.1, 0.15) is 28.9 Å². The molecule has 0 fully saturated rings. The van der Waals surface area contributed by atoms with Crippen molar-refractivity contribution >= 4 is 16.7 Å². The van der Waals surface area contributed by atoms with Crippen molar-refractivity contribution in [2.45, 2.75) is 32.2 Å². The van der Waals surface area contributed by atoms with Gasteiger partial charge in [-0.05, 0) is 41.2 Å². The van der Waals surface area contributed by atoms with Crippen LogP contribution in [0, 0.1) is 0 Å². The number of carbonyl (C=O) groups excluding carboxylic acids is 1. The summed E-state index contributed by atoms with van der Waals surface area (Å²) in [6.45, 7) is 0.558. The number of aryl methyl sites for hydroxylation is 2. The number of hydrogen-bond acceptors (Lipinski definition) is 2. The SMILES string of the molecule is Cn1nc2c(c1CNC(=O)Cc1cccc3ccccc13)CCC2. The van der Waals surface area contributed by atoms with E-state index in [0.717, 1.165) is 29.5 Å². The third kappa shape index (κ3) is 2.68. The molecule has 24 heavy (non-hydrogen) atoms. The van der Waals surface area contributed by atoms with Gasteiger partial charge in [-0.3, -0.25) is 9.48 Å². The van der Waals surface area contributed by atoms with Crippen LogP contribution in [-0.2, 0) is 37.6 Å². The first-order chi connectivity index (χ1) is 11.7. The first kappa shape index (κ1) is 14.9. The van der Waals surface area contributed by atoms with Crippen molar-refractivity contribution in [3.63, 3.8) is 0 Å². The average molecular weight is 319 g/mol. The topological polar surface area (TPSA) is 46.9 Å². The summed E-state index contributed by atoms with van der Waals surface area (Å²) in [6, 6.07) is 14.3. The number of nitrogens with one attached hydrogen (secondary N) is 1. The Hall–Kier alpha value is -2.62. The molecule has 1 aliphatic carbocycles. The van der Waals surface area contributed by atoms with Gasteiger partial charge in [-0.15, -0.1) is 0 Å². The molecule has 4 rings (SSSR count). The van der Waals surface area contributed by atoms with Gasteiger partial charge in [-0.2, -0.15) is 5.10 Å². The van der Waals surface area contributed by atoms with Crippen LogP contribution < -0.4 is 5.32 Å². The monoisotopic (exact) mass is 319 g/mol. The molecule has 122 valence electrons. The second kappa shape index (κ2) is 6.11. The highest BCUT2D eigenvalue weighted by molar-refractivity contribution is 5.90. The lowest BCUT2D eigenvalue weighted by molar-refractivity contribution is -0.120. The van der Waals surface area contributed by atoms with E-state index in [2.05, 4.69) is 28.6 Å². The fourth-order valence-corrected chi connectivity index (χ4v) is 3.67. The Labute approximate surface area is 141 Å². The van der Waals surface area contributed by atoms with Crippen molar-refractivity contribution in [1.29, 1.82) is 0 Å². The summed E-state index contributed by atoms with van der Waals surface area (Å²) in [5.41, 5.74) is 4.76. The van der Waals surface area contributed by atoms with Crippen LogP contribution in [0.3, 0.4) is 0 Å². The highest BCUT2D eigenvalue weighted by Gasteiger charge is 2.20. The van der Waals surface area contributed by atoms with Gasteiger partial charge in [0, 0.05) is 7.05 Å². The van der Waals surface area contributed by atoms with Gasteiger partial charge in [-0.25, -0.2) is 0 Å². The van der Waals surface area contributed by atoms with E-state index in [4.69, 9.17) is 0 Å². The molecule has 0 spiro atoms. The van der Waals surface area contributed by atoms with Crippen LogP contribution in [0.15, 0.2) is 42.5 Å². The number of aromatic nitrogens is 2. The Balaban J connectivity index is 1.47. The molecule has 0 aliphatic heterocycles. The van der Waals surface area contributed by atoms with Crippen molar-refractivity contribution in [3.05, 3.63) is 65.0 Å². The second-order valence-corrected chi connectivity index (χ2v) is 6.44. The molecule has 4 heteroatoms. The minimum absolute atomic E-state index is 0.0549. The highest BCUT2D eigenvalue weighted by atomic mass is 16.1. The molecule has 0 radical (unpaired) electrons. The molecular formula is C20H21N3O. The van der Waals surface area contributed by atoms with E-state index in [1.165, 1.54) is 23.1 Å². The van der Waals surface area contributed by atoms with Crippen LogP contribution in [0.5, 0.6) is 0 Å². The zero-order valence-corrected chi connectivity index (χ0v) is 13.9. The standard InChI is InChI=1S/C20H21N3O/c1-23-19(17-10-5-11-18(17)22-23)13-21-20(24)12-15-8-4-7-14-6-2-3-9-16(14)15/h2-4,6-9H,5,10-13H2,1H3,(H,21,24). The number of benzene rings is 2. The van der Waals surface area contributed by atoms with Gasteiger partial charge in [-0.1, -0.05) is 42.5 Å². The number of nitrogens with zero attached hydrogens (tertiary/aromatic N) is 2. The first-order valence-electron chi connectivity index (χ1n) is 8.49. The highest BCUT2D eigenvalue weighted by Crippen LogP contribution is 2.24. The van der Waals surface area contributed by atoms with E-state index in [9.17, 15) is 4.79 Å². The summed E-state index contributed by atoms with van der Waals surface area (Å²) in [6.07, 6.45) is 3.72. The van der Waals surface area contributed by atoms with E-state index < -0.39 is 0 Å². The zero-order valence-electron chi connectivity index (χ0n) is 13.9. The maximum atomic E-state index is 12.4. The predicted octanol–water partition coefficient (Wildman–Crippen LogP) is 2.92. The average Bonchev–Trinajstić information content (AvgIpc) is 3.14. The summed E-state index contributed by atoms with van der Waals surface area (Å²) in [7, 11) is 1.96. The maximum absolute atomic E-state index is 12.4. The van der Waals surface area contributed by atoms with Gasteiger partial charge < -0.3 is 5.32 Å². The van der Waals surface area contributed by atoms with E-state index in [0.29, 0.717) is 13.0 Å². The van der Waals surface area contributed by atoms with Crippen molar-refractivity contribution in [2.75, 3.05) is 0 Å². The lowest BCUT2D eigenvalue weighted by Crippen LogP contribution is -2.26. The zero-order chi connectivity index (χ0) is 16.5. The van der Waals surface area contributed by atoms with Crippen LogP contribution in [0.25, 0.3) is 10.8 Å². The predicted molar refractivity (Wildman–Crippen MR) is 94.7 cm³/mol. The smallest absolute Gasteiger partial charge is 0.224 e. The number of hydrogen-bond donors (Lipinski definition) is 1. The van der Waals surface area contributed by atoms with E-state index >= 15 is 0 Å². The lowest BCUT2D eigenvalue weighted by atomic mass is 10.0. The van der Waals surface area contributed by atoms with Crippen LogP contribution >= 0.6 is 0 Å². The largest absolute Gasteiger partial charge is 0.350 e. The van der Waals surface area contributed by atoms with E-state index in [1.807, 2.05) is 36.0 Å². The molecule has 1 aromatic heterocycles. The fraction of sp³-hybridized carbons (Fsp3) is 0.300. The molecule has 0 bridgehead atoms. The molecule has 0 saturated carbocycles. The second-order valence-electron chi connectivity index (χ2n) is 6.44. The number of amides is 1. The van der Waals surface area contributed by atoms with Crippen LogP contribution in [0.4, 0.5) is 0 Å². The lowest BCUT2D eigenvalue weighted by Gasteiger charge is -2.09. The maximum Gasteiger partial charge on any atom is 0.224 e. The van der Waals surface area contributed by atoms with Gasteiger partial charge >= 0.3 is 0 Å². The Kier molecular flexibility index (Phi) is 3.81. The Bertz CT molecular complexity index is 905. The fourth-order valence-electron chi connectivity index (χ4n) is 3.67. The minimum atomic E-state index is 0.0549. The summed E-state index contributed by atoms with van der Waals surface area (Å²) in [4.78, 5) is 12.4. The summed E-state index contributed by atoms with van der Waals surface area (Å²) in [5, 5.41) is 9.95. The third-order valence-electron chi connectivity index (χ3n) is 4.88. The Morgan fingerprint density at radius 3 is 2.92 bits per heavy atom. The van der Waals surface area contributed by atoms with Crippen LogP contribution in [0.2, 0.25) is 0 Å². The molecule has 0 unspecified atom stereocenters. The number of rotatable bonds is 4. The molecule has 1 amide bonds. The Morgan fingerprint density at radius 1 is 1.17 bits per heavy atom. The third-order valence-corrected chi connectivity index (χ3v) is 4.88. The first-order valence-corrected chi connectivity index (χ1v) is 8.49. The van der Waals surface area contributed by atoms with Gasteiger partial charge in [0.15, 0.2) is 0 Å². The van der Waals surface area contributed by atoms with E-state index in [1.54, 1.807) is 0 Å². The quantitative estimate of drug-likeness (QED) is 0.804. The molecule has 1 N–H and O–H groups in total. The van der Waals surface area contributed by atoms with Gasteiger partial charge in [0.2, 0.25) is 5.91 Å². The van der Waals surface area contributed by atoms with Crippen LogP contribution in [-0.4, -0.2) is 15.7 Å². The van der Waals surface area contributed by atoms with Crippen molar-refractivity contribution in [1.82, 2.24) is 15.1 Å². The van der Waals surface area contributed by atoms with Crippen molar-refractivity contribution in [2.24, 2.45) is 7.05 Å². The summed E-state index contributed by atoms with van der Waals surface area (Å²) in [5.74, 6) is 0.0549. The molecular weight excluding hydrogens is 298 g/mol. The van der Waals surface area contributed by atoms with E-state index in [-0.39, 0.29) is 5.91 Å². The van der Waals surface area contributed by atoms with Gasteiger partial charge in [0.1, 0.15) is 0 Å². The molecule has 0 atom stereocenters. The Morgan fingerprint density at radius 2 is 2.00 bits per heavy atom. The molecule has 0 saturated heterocycles. The van der Waals surface area contributed by atoms with Crippen molar-refractivity contribution in [3.8, 4) is 0 Å². The molecule has 3 aromatic rings. The number of fused-ring (bicyclic) bond motifs is 2. The van der Waals surface area contributed by atoms with Gasteiger partial charge in [0.25, 0.3) is 0 Å². The van der Waals surface area contributed by atoms with Crippen molar-refractivity contribution < 1.29 is 4.79 Å². The summed E-state index contributed by atoms with van der Waals surface area (Å²) >= 11 is 0. The number of carbonyl (C=O) groups is 1. The molecule has 1 aliphatic rings. The molecule has 1 heterocycles.